The molecule has 0 radical (unpaired) electrons. The highest BCUT2D eigenvalue weighted by Crippen LogP contribution is 2.35. The summed E-state index contributed by atoms with van der Waals surface area (Å²) in [6.45, 7) is 2.13. The number of carbonyl (C=O) groups excluding carboxylic acids is 2. The van der Waals surface area contributed by atoms with E-state index in [9.17, 15) is 18.8 Å². The molecule has 0 fully saturated rings. The molecule has 0 saturated heterocycles. The number of urea groups is 1. The summed E-state index contributed by atoms with van der Waals surface area (Å²) in [6, 6.07) is 5.41. The van der Waals surface area contributed by atoms with Crippen LogP contribution in [0.5, 0.6) is 0 Å². The van der Waals surface area contributed by atoms with Gasteiger partial charge in [-0.25, -0.2) is 14.2 Å². The van der Waals surface area contributed by atoms with Crippen LogP contribution in [-0.2, 0) is 17.6 Å². The molecular formula is C21H21FN4O3S2. The lowest BCUT2D eigenvalue weighted by Gasteiger charge is -2.14. The van der Waals surface area contributed by atoms with E-state index < -0.39 is 17.8 Å². The third kappa shape index (κ3) is 4.35. The van der Waals surface area contributed by atoms with E-state index in [-0.39, 0.29) is 22.2 Å². The number of carbonyl (C=O) groups is 2. The van der Waals surface area contributed by atoms with Gasteiger partial charge in [0, 0.05) is 11.4 Å². The molecule has 0 spiro atoms. The number of fused-ring (bicyclic) bond motifs is 3. The fraction of sp³-hybridized carbons (Fsp3) is 0.333. The maximum absolute atomic E-state index is 14.6. The van der Waals surface area contributed by atoms with Crippen molar-refractivity contribution in [2.75, 3.05) is 12.3 Å². The Bertz CT molecular complexity index is 1220. The van der Waals surface area contributed by atoms with Gasteiger partial charge in [0.25, 0.3) is 5.56 Å². The molecule has 2 heterocycles. The van der Waals surface area contributed by atoms with Crippen molar-refractivity contribution in [3.8, 4) is 5.69 Å². The fourth-order valence-electron chi connectivity index (χ4n) is 3.63. The highest BCUT2D eigenvalue weighted by Gasteiger charge is 2.24. The topological polar surface area (TPSA) is 93.1 Å². The molecule has 2 aromatic heterocycles. The summed E-state index contributed by atoms with van der Waals surface area (Å²) in [5.41, 5.74) is 0.768. The maximum Gasteiger partial charge on any atom is 0.321 e. The second kappa shape index (κ2) is 9.19. The monoisotopic (exact) mass is 460 g/mol. The van der Waals surface area contributed by atoms with Crippen LogP contribution in [0.1, 0.15) is 30.2 Å². The Labute approximate surface area is 186 Å². The Morgan fingerprint density at radius 2 is 2.03 bits per heavy atom. The quantitative estimate of drug-likeness (QED) is 0.450. The van der Waals surface area contributed by atoms with Crippen molar-refractivity contribution >= 4 is 45.3 Å². The van der Waals surface area contributed by atoms with Gasteiger partial charge in [0.05, 0.1) is 16.8 Å². The second-order valence-electron chi connectivity index (χ2n) is 7.07. The van der Waals surface area contributed by atoms with Gasteiger partial charge in [0.2, 0.25) is 5.91 Å². The number of thioether (sulfide) groups is 1. The lowest BCUT2D eigenvalue weighted by Crippen LogP contribution is -2.40. The normalized spacial score (nSPS) is 13.1. The Hall–Kier alpha value is -2.72. The number of thiophene rings is 1. The molecule has 1 aliphatic carbocycles. The minimum absolute atomic E-state index is 0.0873. The number of halogens is 1. The zero-order chi connectivity index (χ0) is 22.0. The largest absolute Gasteiger partial charge is 0.338 e. The number of benzene rings is 1. The van der Waals surface area contributed by atoms with Crippen molar-refractivity contribution in [1.29, 1.82) is 0 Å². The molecule has 0 saturated carbocycles. The molecular weight excluding hydrogens is 439 g/mol. The Balaban J connectivity index is 1.77. The Morgan fingerprint density at radius 3 is 2.81 bits per heavy atom. The van der Waals surface area contributed by atoms with Gasteiger partial charge in [-0.05, 0) is 50.3 Å². The van der Waals surface area contributed by atoms with Crippen LogP contribution in [0.2, 0.25) is 0 Å². The number of hydrogen-bond acceptors (Lipinski definition) is 6. The van der Waals surface area contributed by atoms with Gasteiger partial charge in [0.15, 0.2) is 5.16 Å². The summed E-state index contributed by atoms with van der Waals surface area (Å²) in [4.78, 5) is 43.6. The molecule has 10 heteroatoms. The van der Waals surface area contributed by atoms with E-state index in [1.807, 2.05) is 0 Å². The number of amides is 3. The SMILES string of the molecule is CCNC(=O)NC(=O)CSc1nc2sc3c(c2c(=O)n1-c1ccccc1F)CCCC3. The number of para-hydroxylation sites is 1. The summed E-state index contributed by atoms with van der Waals surface area (Å²) in [5, 5.41) is 5.45. The average molecular weight is 461 g/mol. The highest BCUT2D eigenvalue weighted by atomic mass is 32.2. The van der Waals surface area contributed by atoms with Crippen molar-refractivity contribution in [2.24, 2.45) is 0 Å². The van der Waals surface area contributed by atoms with Gasteiger partial charge in [-0.15, -0.1) is 11.3 Å². The Morgan fingerprint density at radius 1 is 1.26 bits per heavy atom. The van der Waals surface area contributed by atoms with Crippen LogP contribution in [0.3, 0.4) is 0 Å². The molecule has 3 aromatic rings. The van der Waals surface area contributed by atoms with Crippen molar-refractivity contribution in [2.45, 2.75) is 37.8 Å². The highest BCUT2D eigenvalue weighted by molar-refractivity contribution is 7.99. The summed E-state index contributed by atoms with van der Waals surface area (Å²) in [7, 11) is 0. The van der Waals surface area contributed by atoms with E-state index in [0.29, 0.717) is 16.8 Å². The fourth-order valence-corrected chi connectivity index (χ4v) is 5.73. The van der Waals surface area contributed by atoms with E-state index in [1.165, 1.54) is 28.0 Å². The standard InChI is InChI=1S/C21H21FN4O3S2/c1-2-23-20(29)24-16(27)11-30-21-25-18-17(12-7-3-6-10-15(12)31-18)19(28)26(21)14-9-5-4-8-13(14)22/h4-5,8-9H,2-3,6-7,10-11H2,1H3,(H2,23,24,27,29). The van der Waals surface area contributed by atoms with Gasteiger partial charge >= 0.3 is 6.03 Å². The van der Waals surface area contributed by atoms with Crippen molar-refractivity contribution < 1.29 is 14.0 Å². The second-order valence-corrected chi connectivity index (χ2v) is 9.10. The number of aromatic nitrogens is 2. The molecule has 2 N–H and O–H groups in total. The van der Waals surface area contributed by atoms with E-state index in [1.54, 1.807) is 19.1 Å². The molecule has 0 unspecified atom stereocenters. The Kier molecular flexibility index (Phi) is 6.38. The molecule has 0 bridgehead atoms. The zero-order valence-electron chi connectivity index (χ0n) is 16.9. The summed E-state index contributed by atoms with van der Waals surface area (Å²) >= 11 is 2.48. The van der Waals surface area contributed by atoms with Crippen LogP contribution >= 0.6 is 23.1 Å². The van der Waals surface area contributed by atoms with E-state index in [2.05, 4.69) is 15.6 Å². The van der Waals surface area contributed by atoms with Crippen LogP contribution in [0.25, 0.3) is 15.9 Å². The van der Waals surface area contributed by atoms with Crippen molar-refractivity contribution in [1.82, 2.24) is 20.2 Å². The van der Waals surface area contributed by atoms with E-state index in [4.69, 9.17) is 0 Å². The first-order chi connectivity index (χ1) is 15.0. The molecule has 31 heavy (non-hydrogen) atoms. The summed E-state index contributed by atoms with van der Waals surface area (Å²) in [6.07, 6.45) is 3.80. The zero-order valence-corrected chi connectivity index (χ0v) is 18.5. The van der Waals surface area contributed by atoms with Crippen LogP contribution in [0, 0.1) is 5.82 Å². The number of nitrogens with zero attached hydrogens (tertiary/aromatic N) is 2. The molecule has 0 atom stereocenters. The maximum atomic E-state index is 14.6. The number of hydrogen-bond donors (Lipinski definition) is 2. The van der Waals surface area contributed by atoms with Crippen LogP contribution in [0.15, 0.2) is 34.2 Å². The van der Waals surface area contributed by atoms with E-state index >= 15 is 0 Å². The predicted molar refractivity (Wildman–Crippen MR) is 120 cm³/mol. The first kappa shape index (κ1) is 21.5. The number of rotatable bonds is 5. The minimum Gasteiger partial charge on any atom is -0.338 e. The lowest BCUT2D eigenvalue weighted by molar-refractivity contribution is -0.117. The number of aryl methyl sites for hydroxylation is 2. The molecule has 162 valence electrons. The lowest BCUT2D eigenvalue weighted by atomic mass is 9.97. The summed E-state index contributed by atoms with van der Waals surface area (Å²) in [5.74, 6) is -1.23. The molecule has 1 aromatic carbocycles. The van der Waals surface area contributed by atoms with E-state index in [0.717, 1.165) is 47.9 Å². The molecule has 7 nitrogen and oxygen atoms in total. The first-order valence-corrected chi connectivity index (χ1v) is 11.8. The van der Waals surface area contributed by atoms with Gasteiger partial charge in [-0.1, -0.05) is 23.9 Å². The number of nitrogens with one attached hydrogen (secondary N) is 2. The van der Waals surface area contributed by atoms with Gasteiger partial charge in [-0.3, -0.25) is 19.5 Å². The molecule has 0 aliphatic heterocycles. The van der Waals surface area contributed by atoms with Gasteiger partial charge in [0.1, 0.15) is 10.6 Å². The van der Waals surface area contributed by atoms with Gasteiger partial charge < -0.3 is 5.32 Å². The van der Waals surface area contributed by atoms with Crippen molar-refractivity contribution in [3.05, 3.63) is 50.9 Å². The van der Waals surface area contributed by atoms with Crippen LogP contribution < -0.4 is 16.2 Å². The third-order valence-electron chi connectivity index (χ3n) is 4.97. The average Bonchev–Trinajstić information content (AvgIpc) is 3.12. The third-order valence-corrected chi connectivity index (χ3v) is 7.10. The molecule has 3 amide bonds. The van der Waals surface area contributed by atoms with Crippen molar-refractivity contribution in [3.63, 3.8) is 0 Å². The first-order valence-electron chi connectivity index (χ1n) is 10.0. The smallest absolute Gasteiger partial charge is 0.321 e. The summed E-state index contributed by atoms with van der Waals surface area (Å²) < 4.78 is 15.9. The molecule has 1 aliphatic rings. The predicted octanol–water partition coefficient (Wildman–Crippen LogP) is 3.40. The van der Waals surface area contributed by atoms with Gasteiger partial charge in [-0.2, -0.15) is 0 Å². The van der Waals surface area contributed by atoms with Crippen LogP contribution in [-0.4, -0.2) is 33.8 Å². The van der Waals surface area contributed by atoms with Crippen LogP contribution in [0.4, 0.5) is 9.18 Å². The molecule has 4 rings (SSSR count). The minimum atomic E-state index is -0.589. The number of imide groups is 1.